The Hall–Kier alpha value is -4.11. The van der Waals surface area contributed by atoms with Gasteiger partial charge in [-0.15, -0.1) is 0 Å². The van der Waals surface area contributed by atoms with Gasteiger partial charge in [-0.2, -0.15) is 0 Å². The van der Waals surface area contributed by atoms with Crippen molar-refractivity contribution in [2.24, 2.45) is 0 Å². The van der Waals surface area contributed by atoms with E-state index in [1.54, 1.807) is 69.3 Å². The third kappa shape index (κ3) is 8.70. The van der Waals surface area contributed by atoms with Crippen LogP contribution < -0.4 is 5.32 Å². The molecule has 3 aromatic rings. The molecule has 2 amide bonds. The molecule has 2 unspecified atom stereocenters. The quantitative estimate of drug-likeness (QED) is 0.297. The molecule has 2 N–H and O–H groups in total. The van der Waals surface area contributed by atoms with Crippen LogP contribution in [0.5, 0.6) is 5.75 Å². The predicted molar refractivity (Wildman–Crippen MR) is 166 cm³/mol. The van der Waals surface area contributed by atoms with Gasteiger partial charge in [0.25, 0.3) is 0 Å². The van der Waals surface area contributed by atoms with Crippen LogP contribution in [0.15, 0.2) is 84.9 Å². The molecule has 226 valence electrons. The molecule has 0 aliphatic carbocycles. The van der Waals surface area contributed by atoms with E-state index in [2.05, 4.69) is 5.32 Å². The minimum Gasteiger partial charge on any atom is -0.508 e. The summed E-state index contributed by atoms with van der Waals surface area (Å²) in [6, 6.07) is 22.6. The third-order valence-corrected chi connectivity index (χ3v) is 8.03. The molecule has 0 spiro atoms. The van der Waals surface area contributed by atoms with Gasteiger partial charge in [0.05, 0.1) is 6.04 Å². The maximum atomic E-state index is 13.8. The van der Waals surface area contributed by atoms with Crippen molar-refractivity contribution in [3.8, 4) is 5.75 Å². The van der Waals surface area contributed by atoms with Gasteiger partial charge in [0.15, 0.2) is 0 Å². The van der Waals surface area contributed by atoms with Crippen LogP contribution in [0.1, 0.15) is 67.6 Å². The molecule has 4 rings (SSSR count). The molecule has 1 fully saturated rings. The lowest BCUT2D eigenvalue weighted by molar-refractivity contribution is -0.159. The Morgan fingerprint density at radius 1 is 0.930 bits per heavy atom. The molecule has 3 atom stereocenters. The number of carbonyl (C=O) groups excluding carboxylic acids is 4. The van der Waals surface area contributed by atoms with E-state index >= 15 is 0 Å². The first kappa shape index (κ1) is 31.8. The fraction of sp³-hybridized carbons (Fsp3) is 0.353. The smallest absolute Gasteiger partial charge is 0.329 e. The number of nitrogens with one attached hydrogen (secondary N) is 1. The molecule has 0 bridgehead atoms. The summed E-state index contributed by atoms with van der Waals surface area (Å²) in [5, 5.41) is 13.3. The molecular weight excluding hydrogens is 564 g/mol. The number of ether oxygens (including phenoxy) is 1. The van der Waals surface area contributed by atoms with Crippen LogP contribution in [0.4, 0.5) is 0 Å². The van der Waals surface area contributed by atoms with Gasteiger partial charge in [-0.3, -0.25) is 14.4 Å². The predicted octanol–water partition coefficient (Wildman–Crippen LogP) is 5.46. The van der Waals surface area contributed by atoms with E-state index in [4.69, 9.17) is 4.74 Å². The average Bonchev–Trinajstić information content (AvgIpc) is 3.42. The number of benzene rings is 3. The molecule has 9 heteroatoms. The van der Waals surface area contributed by atoms with Gasteiger partial charge in [-0.25, -0.2) is 4.79 Å². The Morgan fingerprint density at radius 2 is 1.56 bits per heavy atom. The molecule has 1 heterocycles. The van der Waals surface area contributed by atoms with Gasteiger partial charge in [-0.1, -0.05) is 90.6 Å². The molecule has 0 saturated carbocycles. The second-order valence-corrected chi connectivity index (χ2v) is 12.6. The number of carbonyl (C=O) groups is 4. The van der Waals surface area contributed by atoms with Crippen molar-refractivity contribution < 1.29 is 29.0 Å². The van der Waals surface area contributed by atoms with E-state index in [-0.39, 0.29) is 35.4 Å². The summed E-state index contributed by atoms with van der Waals surface area (Å²) >= 11 is 1.05. The number of esters is 1. The van der Waals surface area contributed by atoms with E-state index in [0.717, 1.165) is 17.3 Å². The van der Waals surface area contributed by atoms with E-state index < -0.39 is 35.6 Å². The summed E-state index contributed by atoms with van der Waals surface area (Å²) in [5.74, 6) is -1.06. The number of phenols is 1. The van der Waals surface area contributed by atoms with Crippen molar-refractivity contribution in [3.05, 3.63) is 102 Å². The first-order valence-corrected chi connectivity index (χ1v) is 15.4. The lowest BCUT2D eigenvalue weighted by Gasteiger charge is -2.32. The summed E-state index contributed by atoms with van der Waals surface area (Å²) in [6.07, 6.45) is 1.05. The second-order valence-electron chi connectivity index (χ2n) is 11.5. The van der Waals surface area contributed by atoms with Gasteiger partial charge in [0, 0.05) is 29.7 Å². The molecule has 1 aliphatic rings. The first-order valence-electron chi connectivity index (χ1n) is 14.4. The number of aromatic hydroxyl groups is 1. The van der Waals surface area contributed by atoms with Gasteiger partial charge >= 0.3 is 5.97 Å². The van der Waals surface area contributed by atoms with Crippen LogP contribution in [0.2, 0.25) is 0 Å². The largest absolute Gasteiger partial charge is 0.508 e. The minimum atomic E-state index is -0.964. The average molecular weight is 603 g/mol. The van der Waals surface area contributed by atoms with Gasteiger partial charge < -0.3 is 20.1 Å². The number of hydrogen-bond donors (Lipinski definition) is 2. The molecule has 0 aromatic heterocycles. The summed E-state index contributed by atoms with van der Waals surface area (Å²) in [5.41, 5.74) is 1.20. The Morgan fingerprint density at radius 3 is 2.21 bits per heavy atom. The van der Waals surface area contributed by atoms with Crippen LogP contribution in [0.25, 0.3) is 0 Å². The second kappa shape index (κ2) is 14.4. The standard InChI is InChI=1S/C34H38N2O6S/c1-34(2,3)42-32(40)26(22-23-12-6-4-7-13-23)35-31(39)28-19-18-27(25-16-10-11-17-29(25)37)36(28)30(38)20-21-43-33(41)24-14-8-5-9-15-24/h4-17,26-28,37H,18-22H2,1-3H3,(H,35,39)/t26?,27?,28-/m0/s1. The van der Waals surface area contributed by atoms with Crippen molar-refractivity contribution in [3.63, 3.8) is 0 Å². The molecule has 8 nitrogen and oxygen atoms in total. The van der Waals surface area contributed by atoms with Crippen LogP contribution >= 0.6 is 11.8 Å². The zero-order valence-electron chi connectivity index (χ0n) is 24.7. The highest BCUT2D eigenvalue weighted by molar-refractivity contribution is 8.14. The van der Waals surface area contributed by atoms with Gasteiger partial charge in [-0.05, 0) is 45.2 Å². The van der Waals surface area contributed by atoms with Crippen LogP contribution in [-0.4, -0.2) is 56.3 Å². The van der Waals surface area contributed by atoms with Crippen LogP contribution in [-0.2, 0) is 25.5 Å². The number of nitrogens with zero attached hydrogens (tertiary/aromatic N) is 1. The highest BCUT2D eigenvalue weighted by Gasteiger charge is 2.43. The third-order valence-electron chi connectivity index (χ3n) is 7.12. The molecule has 1 aliphatic heterocycles. The molecular formula is C34H38N2O6S. The van der Waals surface area contributed by atoms with E-state index in [1.165, 1.54) is 4.90 Å². The number of thioether (sulfide) groups is 1. The monoisotopic (exact) mass is 602 g/mol. The van der Waals surface area contributed by atoms with E-state index in [9.17, 15) is 24.3 Å². The highest BCUT2D eigenvalue weighted by atomic mass is 32.2. The SMILES string of the molecule is CC(C)(C)OC(=O)C(Cc1ccccc1)NC(=O)[C@@H]1CCC(c2ccccc2O)N1C(=O)CCSC(=O)c1ccccc1. The Labute approximate surface area is 256 Å². The lowest BCUT2D eigenvalue weighted by Crippen LogP contribution is -2.53. The normalized spacial score (nSPS) is 17.2. The number of rotatable bonds is 10. The minimum absolute atomic E-state index is 0.0244. The summed E-state index contributed by atoms with van der Waals surface area (Å²) in [6.45, 7) is 5.30. The van der Waals surface area contributed by atoms with Crippen LogP contribution in [0.3, 0.4) is 0 Å². The fourth-order valence-corrected chi connectivity index (χ4v) is 5.96. The van der Waals surface area contributed by atoms with E-state index in [0.29, 0.717) is 24.0 Å². The van der Waals surface area contributed by atoms with Crippen molar-refractivity contribution in [1.82, 2.24) is 10.2 Å². The number of hydrogen-bond acceptors (Lipinski definition) is 7. The van der Waals surface area contributed by atoms with Crippen LogP contribution in [0, 0.1) is 0 Å². The van der Waals surface area contributed by atoms with Crippen molar-refractivity contribution >= 4 is 34.7 Å². The lowest BCUT2D eigenvalue weighted by atomic mass is 10.0. The molecule has 1 saturated heterocycles. The zero-order chi connectivity index (χ0) is 31.0. The maximum absolute atomic E-state index is 13.8. The fourth-order valence-electron chi connectivity index (χ4n) is 5.19. The number of phenolic OH excluding ortho intramolecular Hbond substituents is 1. The summed E-state index contributed by atoms with van der Waals surface area (Å²) < 4.78 is 5.63. The van der Waals surface area contributed by atoms with Crippen molar-refractivity contribution in [2.75, 3.05) is 5.75 Å². The van der Waals surface area contributed by atoms with Crippen molar-refractivity contribution in [2.45, 2.75) is 70.2 Å². The van der Waals surface area contributed by atoms with E-state index in [1.807, 2.05) is 36.4 Å². The summed E-state index contributed by atoms with van der Waals surface area (Å²) in [4.78, 5) is 54.8. The van der Waals surface area contributed by atoms with Crippen molar-refractivity contribution in [1.29, 1.82) is 0 Å². The first-order chi connectivity index (χ1) is 20.5. The maximum Gasteiger partial charge on any atom is 0.329 e. The zero-order valence-corrected chi connectivity index (χ0v) is 25.5. The van der Waals surface area contributed by atoms with Gasteiger partial charge in [0.2, 0.25) is 16.9 Å². The molecule has 43 heavy (non-hydrogen) atoms. The Balaban J connectivity index is 1.53. The highest BCUT2D eigenvalue weighted by Crippen LogP contribution is 2.40. The summed E-state index contributed by atoms with van der Waals surface area (Å²) in [7, 11) is 0. The topological polar surface area (TPSA) is 113 Å². The Bertz CT molecular complexity index is 1420. The molecule has 3 aromatic carbocycles. The van der Waals surface area contributed by atoms with Gasteiger partial charge in [0.1, 0.15) is 23.4 Å². The Kier molecular flexibility index (Phi) is 10.6. The number of likely N-dealkylation sites (tertiary alicyclic amines) is 1. The molecule has 0 radical (unpaired) electrons. The number of amides is 2. The number of para-hydroxylation sites is 1.